The molecule has 1 heterocycles. The molecule has 6 rings (SSSR count). The van der Waals surface area contributed by atoms with Gasteiger partial charge in [-0.2, -0.15) is 4.57 Å². The maximum absolute atomic E-state index is 15.4. The first-order valence-electron chi connectivity index (χ1n) is 16.3. The Morgan fingerprint density at radius 3 is 0.984 bits per heavy atom. The predicted octanol–water partition coefficient (Wildman–Crippen LogP) is 7.99. The highest BCUT2D eigenvalue weighted by Gasteiger charge is 2.52. The maximum Gasteiger partial charge on any atom is 0.203 e. The summed E-state index contributed by atoms with van der Waals surface area (Å²) in [5.74, 6) is -71.4. The van der Waals surface area contributed by atoms with E-state index in [1.165, 1.54) is 11.3 Å². The summed E-state index contributed by atoms with van der Waals surface area (Å²) in [5.41, 5.74) is -11.9. The van der Waals surface area contributed by atoms with Gasteiger partial charge in [0, 0.05) is 5.56 Å². The lowest BCUT2D eigenvalue weighted by atomic mass is 9.12. The quantitative estimate of drug-likeness (QED) is 0.0379. The van der Waals surface area contributed by atoms with E-state index < -0.39 is 144 Å². The summed E-state index contributed by atoms with van der Waals surface area (Å²) in [6, 6.07) is 10.4. The Morgan fingerprint density at radius 1 is 0.426 bits per heavy atom. The van der Waals surface area contributed by atoms with E-state index in [4.69, 9.17) is 0 Å². The summed E-state index contributed by atoms with van der Waals surface area (Å²) in [7, 11) is 0. The molecule has 0 fully saturated rings. The fourth-order valence-electron chi connectivity index (χ4n) is 6.54. The number of hydrogen-bond acceptors (Lipinski definition) is 1. The smallest absolute Gasteiger partial charge is 0.203 e. The van der Waals surface area contributed by atoms with Crippen molar-refractivity contribution >= 4 is 28.0 Å². The van der Waals surface area contributed by atoms with E-state index in [0.717, 1.165) is 13.0 Å². The molecule has 320 valence electrons. The van der Waals surface area contributed by atoms with Crippen molar-refractivity contribution in [1.29, 1.82) is 0 Å². The topological polar surface area (TPSA) is 16.8 Å². The van der Waals surface area contributed by atoms with Crippen LogP contribution in [0.1, 0.15) is 11.3 Å². The summed E-state index contributed by atoms with van der Waals surface area (Å²) in [6.07, 6.45) is 1.25. The monoisotopic (exact) mass is 890 g/mol. The summed E-state index contributed by atoms with van der Waals surface area (Å²) < 4.78 is 296. The zero-order valence-electron chi connectivity index (χ0n) is 29.3. The van der Waals surface area contributed by atoms with Crippen molar-refractivity contribution in [3.8, 4) is 0 Å². The van der Waals surface area contributed by atoms with Gasteiger partial charge in [-0.3, -0.25) is 4.98 Å². The number of halogens is 20. The Hall–Kier alpha value is -6.42. The molecule has 0 atom stereocenters. The highest BCUT2D eigenvalue weighted by atomic mass is 19.2. The minimum atomic E-state index is -7.22. The summed E-state index contributed by atoms with van der Waals surface area (Å²) >= 11 is 0. The number of hydrogen-bond donors (Lipinski definition) is 0. The lowest BCUT2D eigenvalue weighted by Crippen LogP contribution is -2.81. The van der Waals surface area contributed by atoms with Gasteiger partial charge in [-0.1, -0.05) is 36.4 Å². The normalized spacial score (nSPS) is 11.5. The van der Waals surface area contributed by atoms with Crippen molar-refractivity contribution in [3.63, 3.8) is 0 Å². The lowest BCUT2D eigenvalue weighted by molar-refractivity contribution is -0.695. The molecule has 5 aromatic carbocycles. The van der Waals surface area contributed by atoms with Crippen LogP contribution in [0, 0.1) is 116 Å². The van der Waals surface area contributed by atoms with Crippen molar-refractivity contribution in [2.75, 3.05) is 0 Å². The molecule has 61 heavy (non-hydrogen) atoms. The van der Waals surface area contributed by atoms with E-state index in [-0.39, 0.29) is 0 Å². The average Bonchev–Trinajstić information content (AvgIpc) is 3.25. The predicted molar refractivity (Wildman–Crippen MR) is 173 cm³/mol. The van der Waals surface area contributed by atoms with Gasteiger partial charge in [-0.15, -0.1) is 28.4 Å². The number of benzene rings is 5. The highest BCUT2D eigenvalue weighted by Crippen LogP contribution is 2.30. The van der Waals surface area contributed by atoms with Gasteiger partial charge in [0.2, 0.25) is 5.69 Å². The van der Waals surface area contributed by atoms with Crippen LogP contribution in [0.4, 0.5) is 87.8 Å². The molecule has 0 unspecified atom stereocenters. The first-order valence-corrected chi connectivity index (χ1v) is 16.3. The fraction of sp³-hybridized carbons (Fsp3) is 0.0526. The average molecular weight is 890 g/mol. The molecule has 0 bridgehead atoms. The summed E-state index contributed by atoms with van der Waals surface area (Å²) in [5, 5.41) is 0. The molecule has 0 spiro atoms. The first-order chi connectivity index (χ1) is 28.6. The van der Waals surface area contributed by atoms with Gasteiger partial charge in [0.05, 0.1) is 18.8 Å². The van der Waals surface area contributed by atoms with E-state index >= 15 is 35.1 Å². The molecule has 0 amide bonds. The second-order valence-corrected chi connectivity index (χ2v) is 12.5. The van der Waals surface area contributed by atoms with E-state index in [0.29, 0.717) is 0 Å². The molecule has 0 aliphatic rings. The van der Waals surface area contributed by atoms with Gasteiger partial charge in [0.1, 0.15) is 52.7 Å². The Balaban J connectivity index is 0.000000366. The van der Waals surface area contributed by atoms with Crippen molar-refractivity contribution in [3.05, 3.63) is 189 Å². The van der Waals surface area contributed by atoms with Gasteiger partial charge in [-0.05, 0) is 0 Å². The molecule has 0 aliphatic carbocycles. The molecular weight excluding hydrogens is 875 g/mol. The van der Waals surface area contributed by atoms with Crippen LogP contribution in [0.25, 0.3) is 0 Å². The van der Waals surface area contributed by atoms with Crippen LogP contribution in [0.5, 0.6) is 0 Å². The minimum absolute atomic E-state index is 0.848. The van der Waals surface area contributed by atoms with E-state index in [9.17, 15) is 52.7 Å². The molecule has 0 saturated carbocycles. The summed E-state index contributed by atoms with van der Waals surface area (Å²) in [4.78, 5) is 4.14. The molecular formula is C38H15BF20N2. The number of allylic oxidation sites excluding steroid dienone is 1. The second-order valence-electron chi connectivity index (χ2n) is 12.5. The van der Waals surface area contributed by atoms with Crippen molar-refractivity contribution in [2.45, 2.75) is 13.0 Å². The maximum atomic E-state index is 15.4. The van der Waals surface area contributed by atoms with Gasteiger partial charge in [0.15, 0.2) is 82.5 Å². The van der Waals surface area contributed by atoms with Crippen molar-refractivity contribution < 1.29 is 92.4 Å². The third kappa shape index (κ3) is 7.32. The van der Waals surface area contributed by atoms with Gasteiger partial charge in [0.25, 0.3) is 0 Å². The fourth-order valence-corrected chi connectivity index (χ4v) is 6.54. The minimum Gasteiger partial charge on any atom is -0.252 e. The van der Waals surface area contributed by atoms with E-state index in [1.54, 1.807) is 0 Å². The zero-order valence-corrected chi connectivity index (χ0v) is 29.3. The number of aromatic nitrogens is 2. The number of rotatable bonds is 8. The van der Waals surface area contributed by atoms with Gasteiger partial charge >= 0.3 is 0 Å². The Morgan fingerprint density at radius 2 is 0.705 bits per heavy atom. The third-order valence-electron chi connectivity index (χ3n) is 9.18. The first kappa shape index (κ1) is 45.7. The number of nitrogens with zero attached hydrogens (tertiary/aromatic N) is 2. The van der Waals surface area contributed by atoms with E-state index in [2.05, 4.69) is 40.4 Å². The molecule has 6 aromatic rings. The standard InChI is InChI=1S/C24BF20.C14H15N2/c26-5-1(6(27)14(35)21(42)13(5)34)25(2-7(28)15(36)22(43)16(37)8(2)29,3-9(30)17(38)23(44)18(39)10(3)31)4-11(32)19(40)24(45)20(41)12(4)33;1-2-6-14-11-15-9-10-16(14)12-13-7-4-3-5-8-13/h;2-5,7-11H,1,6,12H2/q-1;+1. The Kier molecular flexibility index (Phi) is 12.9. The third-order valence-corrected chi connectivity index (χ3v) is 9.18. The molecule has 2 nitrogen and oxygen atoms in total. The van der Waals surface area contributed by atoms with Crippen LogP contribution >= 0.6 is 0 Å². The molecule has 0 radical (unpaired) electrons. The van der Waals surface area contributed by atoms with Crippen LogP contribution < -0.4 is 26.4 Å². The van der Waals surface area contributed by atoms with E-state index in [1.807, 2.05) is 30.7 Å². The Labute approximate surface area is 327 Å². The Bertz CT molecular complexity index is 2350. The molecule has 23 heteroatoms. The zero-order chi connectivity index (χ0) is 45.6. The molecule has 0 saturated heterocycles. The van der Waals surface area contributed by atoms with Crippen LogP contribution in [0.3, 0.4) is 0 Å². The van der Waals surface area contributed by atoms with Crippen molar-refractivity contribution in [2.24, 2.45) is 0 Å². The second kappa shape index (κ2) is 17.3. The van der Waals surface area contributed by atoms with Gasteiger partial charge < -0.3 is 0 Å². The van der Waals surface area contributed by atoms with Crippen LogP contribution in [0.15, 0.2) is 61.6 Å². The molecule has 0 N–H and O–H groups in total. The molecule has 0 aliphatic heterocycles. The van der Waals surface area contributed by atoms with Crippen LogP contribution in [-0.2, 0) is 13.0 Å². The lowest BCUT2D eigenvalue weighted by Gasteiger charge is -2.44. The van der Waals surface area contributed by atoms with Crippen molar-refractivity contribution in [1.82, 2.24) is 4.98 Å². The van der Waals surface area contributed by atoms with Gasteiger partial charge in [-0.25, -0.2) is 87.8 Å². The highest BCUT2D eigenvalue weighted by molar-refractivity contribution is 7.20. The SMILES string of the molecule is C=CCc1cncc[n+]1Cc1ccccc1.Fc1c(F)c(F)c([B-](c2c(F)c(F)c(F)c(F)c2F)(c2c(F)c(F)c(F)c(F)c2F)c2c(F)c(F)c(F)c(F)c2F)c(F)c1F. The van der Waals surface area contributed by atoms with Crippen LogP contribution in [-0.4, -0.2) is 11.1 Å². The van der Waals surface area contributed by atoms with Crippen LogP contribution in [0.2, 0.25) is 0 Å². The largest absolute Gasteiger partial charge is 0.252 e. The summed E-state index contributed by atoms with van der Waals surface area (Å²) in [6.45, 7) is 4.64. The molecule has 1 aromatic heterocycles.